The van der Waals surface area contributed by atoms with E-state index in [0.717, 1.165) is 0 Å². The molecule has 0 spiro atoms. The van der Waals surface area contributed by atoms with Crippen molar-refractivity contribution < 1.29 is 14.7 Å². The molecule has 0 aliphatic heterocycles. The van der Waals surface area contributed by atoms with Crippen LogP contribution in [0.25, 0.3) is 0 Å². The van der Waals surface area contributed by atoms with Crippen molar-refractivity contribution in [2.45, 2.75) is 12.5 Å². The molecule has 3 N–H and O–H groups in total. The van der Waals surface area contributed by atoms with Crippen LogP contribution in [0, 0.1) is 0 Å². The minimum atomic E-state index is -0.986. The van der Waals surface area contributed by atoms with Gasteiger partial charge in [0.15, 0.2) is 0 Å². The van der Waals surface area contributed by atoms with E-state index in [9.17, 15) is 4.79 Å². The van der Waals surface area contributed by atoms with Gasteiger partial charge in [0.25, 0.3) is 0 Å². The van der Waals surface area contributed by atoms with Crippen LogP contribution in [0.3, 0.4) is 0 Å². The van der Waals surface area contributed by atoms with Crippen molar-refractivity contribution in [2.75, 3.05) is 0 Å². The molecule has 5 heteroatoms. The Kier molecular flexibility index (Phi) is 3.88. The summed E-state index contributed by atoms with van der Waals surface area (Å²) in [5.41, 5.74) is 0.582. The maximum Gasteiger partial charge on any atom is 0.306 e. The van der Waals surface area contributed by atoms with Gasteiger partial charge in [-0.3, -0.25) is 9.63 Å². The van der Waals surface area contributed by atoms with Gasteiger partial charge in [0.2, 0.25) is 0 Å². The largest absolute Gasteiger partial charge is 0.481 e. The molecular weight excluding hydrogens is 206 g/mol. The number of nitrogens with two attached hydrogens (primary N) is 1. The third kappa shape index (κ3) is 2.70. The van der Waals surface area contributed by atoms with Crippen molar-refractivity contribution in [3.05, 3.63) is 34.9 Å². The molecule has 4 nitrogen and oxygen atoms in total. The van der Waals surface area contributed by atoms with Crippen molar-refractivity contribution in [1.29, 1.82) is 0 Å². The van der Waals surface area contributed by atoms with Gasteiger partial charge in [0.05, 0.1) is 6.42 Å². The summed E-state index contributed by atoms with van der Waals surface area (Å²) in [5.74, 6) is 4.01. The zero-order valence-corrected chi connectivity index (χ0v) is 8.07. The number of rotatable bonds is 4. The molecule has 0 saturated carbocycles. The summed E-state index contributed by atoms with van der Waals surface area (Å²) in [5, 5.41) is 9.04. The van der Waals surface area contributed by atoms with Gasteiger partial charge in [-0.05, 0) is 6.07 Å². The normalized spacial score (nSPS) is 12.4. The molecule has 0 radical (unpaired) electrons. The van der Waals surface area contributed by atoms with Gasteiger partial charge in [0.1, 0.15) is 6.10 Å². The van der Waals surface area contributed by atoms with E-state index >= 15 is 0 Å². The van der Waals surface area contributed by atoms with Gasteiger partial charge in [-0.25, -0.2) is 5.90 Å². The molecule has 1 aromatic carbocycles. The number of hydrogen-bond acceptors (Lipinski definition) is 3. The molecule has 1 rings (SSSR count). The number of carbonyl (C=O) groups is 1. The summed E-state index contributed by atoms with van der Waals surface area (Å²) in [6.45, 7) is 0. The van der Waals surface area contributed by atoms with Crippen LogP contribution in [-0.4, -0.2) is 11.1 Å². The van der Waals surface area contributed by atoms with E-state index in [0.29, 0.717) is 10.6 Å². The van der Waals surface area contributed by atoms with Crippen LogP contribution in [0.1, 0.15) is 18.1 Å². The molecule has 1 atom stereocenters. The number of hydrogen-bond donors (Lipinski definition) is 2. The van der Waals surface area contributed by atoms with E-state index < -0.39 is 12.1 Å². The Morgan fingerprint density at radius 3 is 2.71 bits per heavy atom. The first-order chi connectivity index (χ1) is 6.65. The highest BCUT2D eigenvalue weighted by Gasteiger charge is 2.17. The van der Waals surface area contributed by atoms with E-state index in [1.165, 1.54) is 0 Å². The Balaban J connectivity index is 2.89. The van der Waals surface area contributed by atoms with Gasteiger partial charge >= 0.3 is 5.97 Å². The molecule has 76 valence electrons. The first-order valence-corrected chi connectivity index (χ1v) is 4.34. The highest BCUT2D eigenvalue weighted by atomic mass is 35.5. The Bertz CT molecular complexity index is 330. The molecule has 0 amide bonds. The molecule has 1 aromatic rings. The molecule has 0 heterocycles. The van der Waals surface area contributed by atoms with Crippen LogP contribution in [0.15, 0.2) is 24.3 Å². The molecule has 0 bridgehead atoms. The lowest BCUT2D eigenvalue weighted by molar-refractivity contribution is -0.140. The lowest BCUT2D eigenvalue weighted by Crippen LogP contribution is -2.14. The van der Waals surface area contributed by atoms with Crippen LogP contribution >= 0.6 is 11.6 Å². The van der Waals surface area contributed by atoms with E-state index in [-0.39, 0.29) is 6.42 Å². The van der Waals surface area contributed by atoms with Gasteiger partial charge < -0.3 is 5.11 Å². The second-order valence-corrected chi connectivity index (χ2v) is 3.15. The average Bonchev–Trinajstić information content (AvgIpc) is 2.15. The highest BCUT2D eigenvalue weighted by Crippen LogP contribution is 2.26. The number of carboxylic acid groups (broad SMARTS) is 1. The molecular formula is C9H10ClNO3. The summed E-state index contributed by atoms with van der Waals surface area (Å²) in [4.78, 5) is 15.0. The van der Waals surface area contributed by atoms with Crippen molar-refractivity contribution in [1.82, 2.24) is 0 Å². The molecule has 0 saturated heterocycles. The summed E-state index contributed by atoms with van der Waals surface area (Å²) in [6.07, 6.45) is -0.915. The SMILES string of the molecule is NOC(CC(=O)O)c1ccccc1Cl. The summed E-state index contributed by atoms with van der Waals surface area (Å²) >= 11 is 5.85. The van der Waals surface area contributed by atoms with E-state index in [2.05, 4.69) is 4.84 Å². The highest BCUT2D eigenvalue weighted by molar-refractivity contribution is 6.31. The van der Waals surface area contributed by atoms with Crippen LogP contribution in [0.2, 0.25) is 5.02 Å². The second kappa shape index (κ2) is 4.95. The monoisotopic (exact) mass is 215 g/mol. The van der Waals surface area contributed by atoms with Crippen molar-refractivity contribution >= 4 is 17.6 Å². The first-order valence-electron chi connectivity index (χ1n) is 3.97. The van der Waals surface area contributed by atoms with Crippen LogP contribution in [-0.2, 0) is 9.63 Å². The Hall–Kier alpha value is -1.10. The summed E-state index contributed by atoms with van der Waals surface area (Å²) < 4.78 is 0. The smallest absolute Gasteiger partial charge is 0.306 e. The Morgan fingerprint density at radius 2 is 2.21 bits per heavy atom. The molecule has 0 aromatic heterocycles. The summed E-state index contributed by atoms with van der Waals surface area (Å²) in [7, 11) is 0. The molecule has 0 aliphatic rings. The van der Waals surface area contributed by atoms with E-state index in [1.54, 1.807) is 24.3 Å². The van der Waals surface area contributed by atoms with Crippen molar-refractivity contribution in [3.8, 4) is 0 Å². The van der Waals surface area contributed by atoms with Gasteiger partial charge in [-0.15, -0.1) is 0 Å². The van der Waals surface area contributed by atoms with E-state index in [1.807, 2.05) is 0 Å². The molecule has 0 aliphatic carbocycles. The number of benzene rings is 1. The van der Waals surface area contributed by atoms with Crippen molar-refractivity contribution in [3.63, 3.8) is 0 Å². The topological polar surface area (TPSA) is 72.5 Å². The van der Waals surface area contributed by atoms with Crippen LogP contribution in [0.5, 0.6) is 0 Å². The van der Waals surface area contributed by atoms with Crippen molar-refractivity contribution in [2.24, 2.45) is 5.90 Å². The van der Waals surface area contributed by atoms with Gasteiger partial charge in [-0.1, -0.05) is 29.8 Å². The maximum atomic E-state index is 10.5. The summed E-state index contributed by atoms with van der Waals surface area (Å²) in [6, 6.07) is 6.84. The predicted octanol–water partition coefficient (Wildman–Crippen LogP) is 1.75. The quantitative estimate of drug-likeness (QED) is 0.751. The number of aliphatic carboxylic acids is 1. The Morgan fingerprint density at radius 1 is 1.57 bits per heavy atom. The Labute approximate surface area is 86.2 Å². The standard InChI is InChI=1S/C9H10ClNO3/c10-7-4-2-1-3-6(7)8(14-11)5-9(12)13/h1-4,8H,5,11H2,(H,12,13). The zero-order chi connectivity index (χ0) is 10.6. The predicted molar refractivity (Wildman–Crippen MR) is 51.7 cm³/mol. The first kappa shape index (κ1) is 11.0. The molecule has 1 unspecified atom stereocenters. The minimum Gasteiger partial charge on any atom is -0.481 e. The van der Waals surface area contributed by atoms with E-state index in [4.69, 9.17) is 22.6 Å². The average molecular weight is 216 g/mol. The molecule has 0 fully saturated rings. The number of halogens is 1. The maximum absolute atomic E-state index is 10.5. The molecule has 14 heavy (non-hydrogen) atoms. The van der Waals surface area contributed by atoms with Crippen LogP contribution < -0.4 is 5.90 Å². The minimum absolute atomic E-state index is 0.208. The lowest BCUT2D eigenvalue weighted by Gasteiger charge is -2.13. The van der Waals surface area contributed by atoms with Crippen LogP contribution in [0.4, 0.5) is 0 Å². The fraction of sp³-hybridized carbons (Fsp3) is 0.222. The third-order valence-corrected chi connectivity index (χ3v) is 2.12. The fourth-order valence-corrected chi connectivity index (χ4v) is 1.38. The third-order valence-electron chi connectivity index (χ3n) is 1.78. The fourth-order valence-electron chi connectivity index (χ4n) is 1.13. The lowest BCUT2D eigenvalue weighted by atomic mass is 10.1. The number of carboxylic acids is 1. The van der Waals surface area contributed by atoms with Gasteiger partial charge in [-0.2, -0.15) is 0 Å². The second-order valence-electron chi connectivity index (χ2n) is 2.74. The zero-order valence-electron chi connectivity index (χ0n) is 7.31. The van der Waals surface area contributed by atoms with Gasteiger partial charge in [0, 0.05) is 10.6 Å².